The molecule has 1 aliphatic rings. The van der Waals surface area contributed by atoms with Crippen LogP contribution in [0.1, 0.15) is 34.8 Å². The lowest BCUT2D eigenvalue weighted by atomic mass is 10.1. The van der Waals surface area contributed by atoms with Gasteiger partial charge < -0.3 is 19.7 Å². The lowest BCUT2D eigenvalue weighted by Gasteiger charge is -2.32. The van der Waals surface area contributed by atoms with Gasteiger partial charge in [-0.25, -0.2) is 4.39 Å². The van der Waals surface area contributed by atoms with Crippen LogP contribution < -0.4 is 5.43 Å². The Hall–Kier alpha value is -2.67. The van der Waals surface area contributed by atoms with Crippen LogP contribution in [0.4, 0.5) is 4.39 Å². The fourth-order valence-electron chi connectivity index (χ4n) is 2.89. The minimum absolute atomic E-state index is 0.119. The Bertz CT molecular complexity index is 843. The molecule has 0 spiro atoms. The maximum absolute atomic E-state index is 13.0. The molecule has 1 aliphatic heterocycles. The summed E-state index contributed by atoms with van der Waals surface area (Å²) >= 11 is 0. The Morgan fingerprint density at radius 1 is 1.21 bits per heavy atom. The van der Waals surface area contributed by atoms with Crippen molar-refractivity contribution in [1.82, 2.24) is 9.47 Å². The highest BCUT2D eigenvalue weighted by atomic mass is 19.1. The predicted octanol–water partition coefficient (Wildman–Crippen LogP) is 1.40. The number of carbonyl (C=O) groups excluding carboxylic acids is 1. The molecule has 0 saturated heterocycles. The normalized spacial score (nSPS) is 15.3. The van der Waals surface area contributed by atoms with Crippen LogP contribution in [0, 0.1) is 5.82 Å². The lowest BCUT2D eigenvalue weighted by molar-refractivity contribution is 0.0674. The number of hydrogen-bond acceptors (Lipinski definition) is 4. The Balaban J connectivity index is 1.98. The molecule has 24 heavy (non-hydrogen) atoms. The van der Waals surface area contributed by atoms with E-state index >= 15 is 0 Å². The molecular formula is C17H17FN2O4. The molecule has 1 atom stereocenters. The zero-order valence-corrected chi connectivity index (χ0v) is 13.1. The number of aliphatic hydroxyl groups excluding tert-OH is 1. The second-order valence-electron chi connectivity index (χ2n) is 5.81. The van der Waals surface area contributed by atoms with E-state index in [9.17, 15) is 24.2 Å². The Morgan fingerprint density at radius 3 is 2.50 bits per heavy atom. The van der Waals surface area contributed by atoms with Crippen molar-refractivity contribution in [2.24, 2.45) is 0 Å². The van der Waals surface area contributed by atoms with Gasteiger partial charge in [-0.3, -0.25) is 9.59 Å². The van der Waals surface area contributed by atoms with Gasteiger partial charge in [0.1, 0.15) is 5.82 Å². The van der Waals surface area contributed by atoms with E-state index in [1.54, 1.807) is 12.1 Å². The number of pyridine rings is 1. The molecule has 2 N–H and O–H groups in total. The van der Waals surface area contributed by atoms with E-state index in [1.165, 1.54) is 28.5 Å². The van der Waals surface area contributed by atoms with Gasteiger partial charge in [0.05, 0.1) is 11.8 Å². The fourth-order valence-corrected chi connectivity index (χ4v) is 2.89. The summed E-state index contributed by atoms with van der Waals surface area (Å²) in [6, 6.07) is 6.93. The molecule has 1 unspecified atom stereocenters. The van der Waals surface area contributed by atoms with Gasteiger partial charge in [0.2, 0.25) is 5.43 Å². The van der Waals surface area contributed by atoms with Crippen LogP contribution in [0.5, 0.6) is 5.75 Å². The molecule has 126 valence electrons. The number of rotatable bonds is 3. The Morgan fingerprint density at radius 2 is 1.88 bits per heavy atom. The molecule has 0 radical (unpaired) electrons. The van der Waals surface area contributed by atoms with Crippen LogP contribution in [0.25, 0.3) is 0 Å². The first-order chi connectivity index (χ1) is 11.4. The van der Waals surface area contributed by atoms with Crippen LogP contribution >= 0.6 is 0 Å². The number of halogens is 1. The van der Waals surface area contributed by atoms with Gasteiger partial charge in [-0.1, -0.05) is 12.1 Å². The zero-order valence-electron chi connectivity index (χ0n) is 13.1. The van der Waals surface area contributed by atoms with Gasteiger partial charge in [-0.2, -0.15) is 0 Å². The fraction of sp³-hybridized carbons (Fsp3) is 0.294. The third kappa shape index (κ3) is 2.78. The predicted molar refractivity (Wildman–Crippen MR) is 84.1 cm³/mol. The van der Waals surface area contributed by atoms with Crippen molar-refractivity contribution in [3.05, 3.63) is 63.3 Å². The summed E-state index contributed by atoms with van der Waals surface area (Å²) in [6.07, 6.45) is -0.937. The average Bonchev–Trinajstić information content (AvgIpc) is 2.54. The Labute approximate surface area is 137 Å². The van der Waals surface area contributed by atoms with E-state index in [4.69, 9.17) is 0 Å². The number of benzene rings is 1. The molecule has 1 aromatic heterocycles. The van der Waals surface area contributed by atoms with E-state index in [2.05, 4.69) is 0 Å². The van der Waals surface area contributed by atoms with Crippen molar-refractivity contribution in [2.45, 2.75) is 26.1 Å². The first-order valence-corrected chi connectivity index (χ1v) is 7.57. The first-order valence-electron chi connectivity index (χ1n) is 7.57. The van der Waals surface area contributed by atoms with Crippen molar-refractivity contribution < 1.29 is 19.4 Å². The number of carbonyl (C=O) groups is 1. The van der Waals surface area contributed by atoms with E-state index in [0.29, 0.717) is 18.8 Å². The van der Waals surface area contributed by atoms with Crippen molar-refractivity contribution in [2.75, 3.05) is 6.54 Å². The summed E-state index contributed by atoms with van der Waals surface area (Å²) in [5, 5.41) is 19.8. The van der Waals surface area contributed by atoms with Crippen LogP contribution in [0.3, 0.4) is 0 Å². The summed E-state index contributed by atoms with van der Waals surface area (Å²) < 4.78 is 14.5. The van der Waals surface area contributed by atoms with Crippen LogP contribution in [0.2, 0.25) is 0 Å². The summed E-state index contributed by atoms with van der Waals surface area (Å²) in [5.41, 5.74) is 0.218. The highest BCUT2D eigenvalue weighted by Crippen LogP contribution is 2.25. The van der Waals surface area contributed by atoms with Gasteiger partial charge >= 0.3 is 0 Å². The molecule has 3 rings (SSSR count). The molecule has 1 aromatic carbocycles. The van der Waals surface area contributed by atoms with Crippen LogP contribution in [-0.2, 0) is 13.1 Å². The van der Waals surface area contributed by atoms with Crippen molar-refractivity contribution in [3.8, 4) is 5.75 Å². The van der Waals surface area contributed by atoms with Gasteiger partial charge in [0.25, 0.3) is 5.91 Å². The maximum atomic E-state index is 13.0. The summed E-state index contributed by atoms with van der Waals surface area (Å²) in [6.45, 7) is 2.43. The number of nitrogens with zero attached hydrogens (tertiary/aromatic N) is 2. The van der Waals surface area contributed by atoms with Gasteiger partial charge in [-0.05, 0) is 24.6 Å². The maximum Gasteiger partial charge on any atom is 0.274 e. The Kier molecular flexibility index (Phi) is 4.11. The van der Waals surface area contributed by atoms with Gasteiger partial charge in [0.15, 0.2) is 11.4 Å². The number of aromatic nitrogens is 1. The minimum atomic E-state index is -0.937. The summed E-state index contributed by atoms with van der Waals surface area (Å²) in [5.74, 6) is -1.48. The molecule has 0 bridgehead atoms. The summed E-state index contributed by atoms with van der Waals surface area (Å²) in [4.78, 5) is 26.0. The highest BCUT2D eigenvalue weighted by Gasteiger charge is 2.30. The second kappa shape index (κ2) is 6.09. The smallest absolute Gasteiger partial charge is 0.274 e. The van der Waals surface area contributed by atoms with E-state index in [-0.39, 0.29) is 18.1 Å². The molecule has 7 heteroatoms. The van der Waals surface area contributed by atoms with Gasteiger partial charge in [0, 0.05) is 25.7 Å². The first kappa shape index (κ1) is 16.2. The standard InChI is InChI=1S/C17H17FN2O4/c1-10(21)13-8-14(22)16(23)15-17(24)19(6-7-20(13)15)9-11-2-4-12(18)5-3-11/h2-5,8,10,21,23H,6-7,9H2,1H3. The lowest BCUT2D eigenvalue weighted by Crippen LogP contribution is -2.42. The van der Waals surface area contributed by atoms with Crippen molar-refractivity contribution >= 4 is 5.91 Å². The van der Waals surface area contributed by atoms with E-state index in [1.807, 2.05) is 0 Å². The molecular weight excluding hydrogens is 315 g/mol. The molecule has 0 fully saturated rings. The number of aromatic hydroxyl groups is 1. The molecule has 2 aromatic rings. The van der Waals surface area contributed by atoms with Crippen LogP contribution in [-0.4, -0.2) is 32.1 Å². The third-order valence-corrected chi connectivity index (χ3v) is 4.12. The summed E-state index contributed by atoms with van der Waals surface area (Å²) in [7, 11) is 0. The SMILES string of the molecule is CC(O)c1cc(=O)c(O)c2n1CCN(Cc1ccc(F)cc1)C2=O. The quantitative estimate of drug-likeness (QED) is 0.890. The molecule has 0 aliphatic carbocycles. The number of amides is 1. The zero-order chi connectivity index (χ0) is 17.4. The number of aliphatic hydroxyl groups is 1. The molecule has 0 saturated carbocycles. The molecule has 1 amide bonds. The highest BCUT2D eigenvalue weighted by molar-refractivity contribution is 5.95. The molecule has 6 nitrogen and oxygen atoms in total. The van der Waals surface area contributed by atoms with E-state index < -0.39 is 23.2 Å². The van der Waals surface area contributed by atoms with E-state index in [0.717, 1.165) is 11.6 Å². The molecule has 2 heterocycles. The minimum Gasteiger partial charge on any atom is -0.503 e. The monoisotopic (exact) mass is 332 g/mol. The average molecular weight is 332 g/mol. The van der Waals surface area contributed by atoms with Crippen molar-refractivity contribution in [3.63, 3.8) is 0 Å². The largest absolute Gasteiger partial charge is 0.503 e. The van der Waals surface area contributed by atoms with Crippen molar-refractivity contribution in [1.29, 1.82) is 0 Å². The third-order valence-electron chi connectivity index (χ3n) is 4.12. The van der Waals surface area contributed by atoms with Crippen LogP contribution in [0.15, 0.2) is 35.1 Å². The second-order valence-corrected chi connectivity index (χ2v) is 5.81. The van der Waals surface area contributed by atoms with Gasteiger partial charge in [-0.15, -0.1) is 0 Å². The number of fused-ring (bicyclic) bond motifs is 1. The topological polar surface area (TPSA) is 82.8 Å². The number of hydrogen-bond donors (Lipinski definition) is 2.